The molecule has 0 N–H and O–H groups in total. The van der Waals surface area contributed by atoms with Crippen LogP contribution in [-0.4, -0.2) is 16.9 Å². The quantitative estimate of drug-likeness (QED) is 0.415. The molecule has 0 aromatic heterocycles. The number of Topliss-reactive ketones (excluding diaryl/α,β-unsaturated/α-hetero) is 1. The first kappa shape index (κ1) is 14.9. The second kappa shape index (κ2) is 7.30. The number of alkyl halides is 1. The molecule has 0 aliphatic heterocycles. The summed E-state index contributed by atoms with van der Waals surface area (Å²) >= 11 is 13.2. The second-order valence-electron chi connectivity index (χ2n) is 4.02. The summed E-state index contributed by atoms with van der Waals surface area (Å²) in [5, 5.41) is 1.04. The average Bonchev–Trinajstić information content (AvgIpc) is 2.27. The topological polar surface area (TPSA) is 17.1 Å². The Balaban J connectivity index is 2.93. The minimum Gasteiger partial charge on any atom is -0.294 e. The van der Waals surface area contributed by atoms with Gasteiger partial charge >= 0.3 is 0 Å². The Morgan fingerprint density at radius 2 is 2.12 bits per heavy atom. The SMILES string of the molecule is CC(C)Sc1ccc(Cl)cc1C(=O)CCCCl. The van der Waals surface area contributed by atoms with E-state index in [9.17, 15) is 4.79 Å². The Morgan fingerprint density at radius 1 is 1.41 bits per heavy atom. The Morgan fingerprint density at radius 3 is 2.71 bits per heavy atom. The fraction of sp³-hybridized carbons (Fsp3) is 0.462. The van der Waals surface area contributed by atoms with E-state index in [-0.39, 0.29) is 5.78 Å². The van der Waals surface area contributed by atoms with Crippen molar-refractivity contribution < 1.29 is 4.79 Å². The van der Waals surface area contributed by atoms with Crippen LogP contribution in [0.15, 0.2) is 23.1 Å². The first-order valence-electron chi connectivity index (χ1n) is 5.60. The van der Waals surface area contributed by atoms with Crippen molar-refractivity contribution in [2.45, 2.75) is 36.8 Å². The van der Waals surface area contributed by atoms with Gasteiger partial charge in [-0.05, 0) is 24.6 Å². The maximum absolute atomic E-state index is 12.0. The van der Waals surface area contributed by atoms with Gasteiger partial charge in [-0.25, -0.2) is 0 Å². The summed E-state index contributed by atoms with van der Waals surface area (Å²) in [6.07, 6.45) is 1.19. The molecule has 0 aliphatic rings. The molecular weight excluding hydrogens is 275 g/mol. The Kier molecular flexibility index (Phi) is 6.39. The van der Waals surface area contributed by atoms with Crippen molar-refractivity contribution in [3.63, 3.8) is 0 Å². The summed E-state index contributed by atoms with van der Waals surface area (Å²) in [6, 6.07) is 5.49. The van der Waals surface area contributed by atoms with Gasteiger partial charge in [0.2, 0.25) is 0 Å². The maximum Gasteiger partial charge on any atom is 0.164 e. The lowest BCUT2D eigenvalue weighted by molar-refractivity contribution is 0.0979. The lowest BCUT2D eigenvalue weighted by Gasteiger charge is -2.10. The molecule has 1 aromatic rings. The van der Waals surface area contributed by atoms with Gasteiger partial charge in [0.25, 0.3) is 0 Å². The fourth-order valence-corrected chi connectivity index (χ4v) is 2.70. The van der Waals surface area contributed by atoms with Gasteiger partial charge in [-0.15, -0.1) is 23.4 Å². The van der Waals surface area contributed by atoms with E-state index in [0.717, 1.165) is 10.5 Å². The monoisotopic (exact) mass is 290 g/mol. The number of thioether (sulfide) groups is 1. The molecule has 1 nitrogen and oxygen atoms in total. The number of hydrogen-bond acceptors (Lipinski definition) is 2. The molecule has 0 unspecified atom stereocenters. The molecule has 17 heavy (non-hydrogen) atoms. The van der Waals surface area contributed by atoms with E-state index in [1.54, 1.807) is 17.8 Å². The Bertz CT molecular complexity index is 391. The summed E-state index contributed by atoms with van der Waals surface area (Å²) in [5.41, 5.74) is 0.723. The van der Waals surface area contributed by atoms with Crippen molar-refractivity contribution >= 4 is 40.7 Å². The number of rotatable bonds is 6. The normalized spacial score (nSPS) is 10.9. The average molecular weight is 291 g/mol. The van der Waals surface area contributed by atoms with E-state index < -0.39 is 0 Å². The van der Waals surface area contributed by atoms with Gasteiger partial charge in [0, 0.05) is 33.0 Å². The number of halogens is 2. The van der Waals surface area contributed by atoms with Crippen LogP contribution >= 0.6 is 35.0 Å². The van der Waals surface area contributed by atoms with Crippen LogP contribution in [0.25, 0.3) is 0 Å². The van der Waals surface area contributed by atoms with E-state index >= 15 is 0 Å². The number of hydrogen-bond donors (Lipinski definition) is 0. The molecule has 0 atom stereocenters. The van der Waals surface area contributed by atoms with Crippen LogP contribution in [0.2, 0.25) is 5.02 Å². The molecule has 0 saturated carbocycles. The predicted octanol–water partition coefficient (Wildman–Crippen LogP) is 5.04. The molecule has 94 valence electrons. The third-order valence-corrected chi connectivity index (χ3v) is 3.73. The van der Waals surface area contributed by atoms with Crippen LogP contribution in [0.3, 0.4) is 0 Å². The molecule has 4 heteroatoms. The Hall–Kier alpha value is -0.180. The maximum atomic E-state index is 12.0. The smallest absolute Gasteiger partial charge is 0.164 e. The molecule has 1 rings (SSSR count). The summed E-state index contributed by atoms with van der Waals surface area (Å²) in [6.45, 7) is 4.21. The van der Waals surface area contributed by atoms with Gasteiger partial charge < -0.3 is 0 Å². The largest absolute Gasteiger partial charge is 0.294 e. The van der Waals surface area contributed by atoms with E-state index in [0.29, 0.717) is 29.0 Å². The van der Waals surface area contributed by atoms with Crippen molar-refractivity contribution in [3.05, 3.63) is 28.8 Å². The van der Waals surface area contributed by atoms with Gasteiger partial charge in [0.15, 0.2) is 5.78 Å². The zero-order valence-corrected chi connectivity index (χ0v) is 12.3. The molecule has 0 saturated heterocycles. The summed E-state index contributed by atoms with van der Waals surface area (Å²) in [4.78, 5) is 13.0. The zero-order chi connectivity index (χ0) is 12.8. The van der Waals surface area contributed by atoms with Crippen LogP contribution < -0.4 is 0 Å². The van der Waals surface area contributed by atoms with Gasteiger partial charge in [-0.1, -0.05) is 25.4 Å². The van der Waals surface area contributed by atoms with Crippen LogP contribution in [0, 0.1) is 0 Å². The molecule has 0 heterocycles. The number of carbonyl (C=O) groups is 1. The van der Waals surface area contributed by atoms with Crippen molar-refractivity contribution in [1.82, 2.24) is 0 Å². The minimum atomic E-state index is 0.122. The second-order valence-corrected chi connectivity index (χ2v) is 6.46. The van der Waals surface area contributed by atoms with Crippen molar-refractivity contribution in [1.29, 1.82) is 0 Å². The highest BCUT2D eigenvalue weighted by atomic mass is 35.5. The molecule has 1 aromatic carbocycles. The number of benzene rings is 1. The lowest BCUT2D eigenvalue weighted by Crippen LogP contribution is -2.02. The first-order chi connectivity index (χ1) is 8.04. The number of ketones is 1. The summed E-state index contributed by atoms with van der Waals surface area (Å²) < 4.78 is 0. The van der Waals surface area contributed by atoms with Crippen molar-refractivity contribution in [3.8, 4) is 0 Å². The van der Waals surface area contributed by atoms with E-state index in [1.807, 2.05) is 12.1 Å². The van der Waals surface area contributed by atoms with E-state index in [4.69, 9.17) is 23.2 Å². The molecule has 0 fully saturated rings. The highest BCUT2D eigenvalue weighted by molar-refractivity contribution is 8.00. The lowest BCUT2D eigenvalue weighted by atomic mass is 10.1. The molecule has 0 bridgehead atoms. The van der Waals surface area contributed by atoms with Gasteiger partial charge in [-0.3, -0.25) is 4.79 Å². The molecule has 0 aliphatic carbocycles. The van der Waals surface area contributed by atoms with Gasteiger partial charge in [-0.2, -0.15) is 0 Å². The summed E-state index contributed by atoms with van der Waals surface area (Å²) in [7, 11) is 0. The highest BCUT2D eigenvalue weighted by Gasteiger charge is 2.13. The van der Waals surface area contributed by atoms with Crippen LogP contribution in [0.4, 0.5) is 0 Å². The van der Waals surface area contributed by atoms with Crippen LogP contribution in [-0.2, 0) is 0 Å². The third-order valence-electron chi connectivity index (χ3n) is 2.14. The van der Waals surface area contributed by atoms with Crippen molar-refractivity contribution in [2.75, 3.05) is 5.88 Å². The highest BCUT2D eigenvalue weighted by Crippen LogP contribution is 2.29. The van der Waals surface area contributed by atoms with Gasteiger partial charge in [0.05, 0.1) is 0 Å². The molecular formula is C13H16Cl2OS. The fourth-order valence-electron chi connectivity index (χ4n) is 1.44. The van der Waals surface area contributed by atoms with Crippen molar-refractivity contribution in [2.24, 2.45) is 0 Å². The summed E-state index contributed by atoms with van der Waals surface area (Å²) in [5.74, 6) is 0.634. The number of carbonyl (C=O) groups excluding carboxylic acids is 1. The molecule has 0 radical (unpaired) electrons. The standard InChI is InChI=1S/C13H16Cl2OS/c1-9(2)17-13-6-5-10(15)8-11(13)12(16)4-3-7-14/h5-6,8-9H,3-4,7H2,1-2H3. The van der Waals surface area contributed by atoms with Crippen LogP contribution in [0.5, 0.6) is 0 Å². The Labute approximate surface area is 117 Å². The predicted molar refractivity (Wildman–Crippen MR) is 76.7 cm³/mol. The van der Waals surface area contributed by atoms with Crippen LogP contribution in [0.1, 0.15) is 37.0 Å². The first-order valence-corrected chi connectivity index (χ1v) is 7.39. The van der Waals surface area contributed by atoms with Gasteiger partial charge in [0.1, 0.15) is 0 Å². The zero-order valence-electron chi connectivity index (χ0n) is 10.0. The third kappa shape index (κ3) is 4.90. The minimum absolute atomic E-state index is 0.122. The van der Waals surface area contributed by atoms with E-state index in [1.165, 1.54) is 0 Å². The molecule has 0 spiro atoms. The molecule has 0 amide bonds. The van der Waals surface area contributed by atoms with E-state index in [2.05, 4.69) is 13.8 Å².